The minimum absolute atomic E-state index is 0.670. The molecule has 4 nitrogen and oxygen atoms in total. The molecular weight excluding hydrogens is 238 g/mol. The van der Waals surface area contributed by atoms with E-state index in [1.54, 1.807) is 0 Å². The summed E-state index contributed by atoms with van der Waals surface area (Å²) in [5, 5.41) is 7.58. The lowest BCUT2D eigenvalue weighted by molar-refractivity contribution is 0.444. The topological polar surface area (TPSA) is 43.0 Å². The van der Waals surface area contributed by atoms with Crippen LogP contribution in [0.4, 0.5) is 0 Å². The second kappa shape index (κ2) is 5.21. The molecule has 0 saturated heterocycles. The largest absolute Gasteiger partial charge is 0.464 e. The van der Waals surface area contributed by atoms with Crippen molar-refractivity contribution in [1.29, 1.82) is 0 Å². The maximum absolute atomic E-state index is 5.86. The number of nitrogens with one attached hydrogen (secondary N) is 1. The van der Waals surface area contributed by atoms with Crippen LogP contribution in [0.15, 0.2) is 28.8 Å². The zero-order valence-electron chi connectivity index (χ0n) is 11.6. The highest BCUT2D eigenvalue weighted by atomic mass is 16.3. The van der Waals surface area contributed by atoms with Gasteiger partial charge in [0.1, 0.15) is 11.5 Å². The van der Waals surface area contributed by atoms with Gasteiger partial charge < -0.3 is 9.73 Å². The number of hydrogen-bond donors (Lipinski definition) is 1. The quantitative estimate of drug-likeness (QED) is 0.810. The average Bonchev–Trinajstić information content (AvgIpc) is 2.79. The van der Waals surface area contributed by atoms with Gasteiger partial charge in [-0.05, 0) is 30.5 Å². The first-order chi connectivity index (χ1) is 9.24. The molecule has 0 amide bonds. The van der Waals surface area contributed by atoms with Crippen LogP contribution in [0.2, 0.25) is 0 Å². The summed E-state index contributed by atoms with van der Waals surface area (Å²) in [5.41, 5.74) is 1.25. The van der Waals surface area contributed by atoms with Gasteiger partial charge in [0.25, 0.3) is 0 Å². The lowest BCUT2D eigenvalue weighted by Crippen LogP contribution is -2.17. The van der Waals surface area contributed by atoms with E-state index in [1.165, 1.54) is 12.1 Å². The number of furan rings is 1. The van der Waals surface area contributed by atoms with Crippen molar-refractivity contribution in [2.45, 2.75) is 32.2 Å². The fourth-order valence-corrected chi connectivity index (χ4v) is 2.48. The molecule has 2 atom stereocenters. The SMILES string of the molecule is CC1CC1c1ccc(CNCCc2ccnn2C)o1. The summed E-state index contributed by atoms with van der Waals surface area (Å²) in [7, 11) is 1.98. The molecule has 0 spiro atoms. The van der Waals surface area contributed by atoms with Crippen LogP contribution in [-0.4, -0.2) is 16.3 Å². The predicted molar refractivity (Wildman–Crippen MR) is 73.8 cm³/mol. The third-order valence-electron chi connectivity index (χ3n) is 3.94. The lowest BCUT2D eigenvalue weighted by atomic mass is 10.3. The fraction of sp³-hybridized carbons (Fsp3) is 0.533. The maximum atomic E-state index is 5.86. The Kier molecular flexibility index (Phi) is 3.42. The normalized spacial score (nSPS) is 21.8. The number of nitrogens with zero attached hydrogens (tertiary/aromatic N) is 2. The highest BCUT2D eigenvalue weighted by molar-refractivity contribution is 5.17. The minimum Gasteiger partial charge on any atom is -0.464 e. The van der Waals surface area contributed by atoms with Crippen LogP contribution < -0.4 is 5.32 Å². The maximum Gasteiger partial charge on any atom is 0.117 e. The van der Waals surface area contributed by atoms with Crippen molar-refractivity contribution in [2.75, 3.05) is 6.54 Å². The van der Waals surface area contributed by atoms with Crippen LogP contribution in [0.5, 0.6) is 0 Å². The molecule has 1 aliphatic carbocycles. The molecule has 0 radical (unpaired) electrons. The molecule has 102 valence electrons. The van der Waals surface area contributed by atoms with E-state index in [0.29, 0.717) is 5.92 Å². The molecule has 2 aromatic rings. The van der Waals surface area contributed by atoms with Gasteiger partial charge in [-0.15, -0.1) is 0 Å². The molecule has 4 heteroatoms. The van der Waals surface area contributed by atoms with Crippen LogP contribution >= 0.6 is 0 Å². The van der Waals surface area contributed by atoms with Gasteiger partial charge in [0.05, 0.1) is 6.54 Å². The highest BCUT2D eigenvalue weighted by Gasteiger charge is 2.36. The van der Waals surface area contributed by atoms with Gasteiger partial charge >= 0.3 is 0 Å². The van der Waals surface area contributed by atoms with Crippen molar-refractivity contribution in [3.05, 3.63) is 41.6 Å². The first kappa shape index (κ1) is 12.5. The number of aryl methyl sites for hydroxylation is 1. The zero-order valence-corrected chi connectivity index (χ0v) is 11.6. The van der Waals surface area contributed by atoms with E-state index in [-0.39, 0.29) is 0 Å². The van der Waals surface area contributed by atoms with Crippen LogP contribution in [-0.2, 0) is 20.0 Å². The third-order valence-corrected chi connectivity index (χ3v) is 3.94. The summed E-state index contributed by atoms with van der Waals surface area (Å²) in [6.07, 6.45) is 4.11. The molecule has 19 heavy (non-hydrogen) atoms. The average molecular weight is 259 g/mol. The Bertz CT molecular complexity index is 543. The Morgan fingerprint density at radius 3 is 2.95 bits per heavy atom. The Balaban J connectivity index is 1.42. The van der Waals surface area contributed by atoms with Crippen LogP contribution in [0, 0.1) is 5.92 Å². The summed E-state index contributed by atoms with van der Waals surface area (Å²) in [5.74, 6) is 3.68. The third kappa shape index (κ3) is 2.89. The number of rotatable bonds is 6. The van der Waals surface area contributed by atoms with E-state index in [0.717, 1.165) is 36.9 Å². The van der Waals surface area contributed by atoms with Crippen molar-refractivity contribution in [1.82, 2.24) is 15.1 Å². The number of aromatic nitrogens is 2. The standard InChI is InChI=1S/C15H21N3O/c1-11-9-14(11)15-4-3-13(19-15)10-16-7-5-12-6-8-17-18(12)2/h3-4,6,8,11,14,16H,5,7,9-10H2,1-2H3. The molecular formula is C15H21N3O. The van der Waals surface area contributed by atoms with Gasteiger partial charge in [0.2, 0.25) is 0 Å². The fourth-order valence-electron chi connectivity index (χ4n) is 2.48. The van der Waals surface area contributed by atoms with Crippen LogP contribution in [0.1, 0.15) is 36.5 Å². The first-order valence-corrected chi connectivity index (χ1v) is 7.00. The summed E-state index contributed by atoms with van der Waals surface area (Å²) >= 11 is 0. The van der Waals surface area contributed by atoms with Gasteiger partial charge in [0.15, 0.2) is 0 Å². The zero-order chi connectivity index (χ0) is 13.2. The number of hydrogen-bond acceptors (Lipinski definition) is 3. The lowest BCUT2D eigenvalue weighted by Gasteiger charge is -2.03. The van der Waals surface area contributed by atoms with E-state index >= 15 is 0 Å². The first-order valence-electron chi connectivity index (χ1n) is 7.00. The van der Waals surface area contributed by atoms with E-state index in [2.05, 4.69) is 35.5 Å². The molecule has 2 heterocycles. The Hall–Kier alpha value is -1.55. The molecule has 0 aliphatic heterocycles. The van der Waals surface area contributed by atoms with Crippen LogP contribution in [0.25, 0.3) is 0 Å². The van der Waals surface area contributed by atoms with Crippen molar-refractivity contribution >= 4 is 0 Å². The Morgan fingerprint density at radius 1 is 1.42 bits per heavy atom. The van der Waals surface area contributed by atoms with Gasteiger partial charge in [0, 0.05) is 37.8 Å². The molecule has 0 aromatic carbocycles. The Morgan fingerprint density at radius 2 is 2.26 bits per heavy atom. The summed E-state index contributed by atoms with van der Waals surface area (Å²) in [6, 6.07) is 6.28. The van der Waals surface area contributed by atoms with Gasteiger partial charge in [-0.25, -0.2) is 0 Å². The van der Waals surface area contributed by atoms with Crippen molar-refractivity contribution in [2.24, 2.45) is 13.0 Å². The van der Waals surface area contributed by atoms with Gasteiger partial charge in [-0.2, -0.15) is 5.10 Å². The summed E-state index contributed by atoms with van der Waals surface area (Å²) in [6.45, 7) is 4.02. The molecule has 1 fully saturated rings. The molecule has 2 aromatic heterocycles. The van der Waals surface area contributed by atoms with E-state index in [1.807, 2.05) is 17.9 Å². The molecule has 2 unspecified atom stereocenters. The molecule has 0 bridgehead atoms. The Labute approximate surface area is 113 Å². The monoisotopic (exact) mass is 259 g/mol. The molecule has 1 saturated carbocycles. The predicted octanol–water partition coefficient (Wildman–Crippen LogP) is 2.47. The molecule has 3 rings (SSSR count). The second-order valence-electron chi connectivity index (χ2n) is 5.50. The van der Waals surface area contributed by atoms with Crippen molar-refractivity contribution in [3.63, 3.8) is 0 Å². The van der Waals surface area contributed by atoms with Gasteiger partial charge in [-0.1, -0.05) is 6.92 Å². The van der Waals surface area contributed by atoms with Crippen molar-refractivity contribution in [3.8, 4) is 0 Å². The highest BCUT2D eigenvalue weighted by Crippen LogP contribution is 2.47. The van der Waals surface area contributed by atoms with E-state index < -0.39 is 0 Å². The van der Waals surface area contributed by atoms with E-state index in [9.17, 15) is 0 Å². The molecule has 1 aliphatic rings. The second-order valence-corrected chi connectivity index (χ2v) is 5.50. The van der Waals surface area contributed by atoms with Gasteiger partial charge in [-0.3, -0.25) is 4.68 Å². The molecule has 1 N–H and O–H groups in total. The minimum atomic E-state index is 0.670. The van der Waals surface area contributed by atoms with Crippen LogP contribution in [0.3, 0.4) is 0 Å². The summed E-state index contributed by atoms with van der Waals surface area (Å²) < 4.78 is 7.78. The van der Waals surface area contributed by atoms with E-state index in [4.69, 9.17) is 4.42 Å². The van der Waals surface area contributed by atoms with Crippen molar-refractivity contribution < 1.29 is 4.42 Å². The summed E-state index contributed by atoms with van der Waals surface area (Å²) in [4.78, 5) is 0. The smallest absolute Gasteiger partial charge is 0.117 e.